The van der Waals surface area contributed by atoms with Crippen LogP contribution >= 0.6 is 0 Å². The van der Waals surface area contributed by atoms with E-state index in [0.717, 1.165) is 42.4 Å². The monoisotopic (exact) mass is 572 g/mol. The molecule has 1 atom stereocenters. The summed E-state index contributed by atoms with van der Waals surface area (Å²) in [5.74, 6) is 0.737. The van der Waals surface area contributed by atoms with Gasteiger partial charge in [-0.1, -0.05) is 42.5 Å². The van der Waals surface area contributed by atoms with E-state index >= 15 is 0 Å². The number of nitrogens with zero attached hydrogens (tertiary/aromatic N) is 2. The van der Waals surface area contributed by atoms with Crippen LogP contribution in [0.4, 0.5) is 15.3 Å². The SMILES string of the molecule is Cc1nn(C(=O)OC(C)(C)C)c(C)c1-c1ccc(NC(=O)[C@@H](NC(=O)OCc2ccccc2)C(C2CC2)C2CC2)cc1. The number of hydrogen-bond donors (Lipinski definition) is 2. The molecule has 2 fully saturated rings. The van der Waals surface area contributed by atoms with Gasteiger partial charge in [-0.25, -0.2) is 9.59 Å². The van der Waals surface area contributed by atoms with Crippen molar-refractivity contribution in [2.45, 2.75) is 78.6 Å². The minimum Gasteiger partial charge on any atom is -0.445 e. The van der Waals surface area contributed by atoms with Gasteiger partial charge in [0, 0.05) is 11.3 Å². The van der Waals surface area contributed by atoms with E-state index in [2.05, 4.69) is 15.7 Å². The highest BCUT2D eigenvalue weighted by Gasteiger charge is 2.48. The number of aryl methyl sites for hydroxylation is 1. The summed E-state index contributed by atoms with van der Waals surface area (Å²) in [6.45, 7) is 9.27. The zero-order valence-corrected chi connectivity index (χ0v) is 25.0. The largest absolute Gasteiger partial charge is 0.445 e. The molecule has 0 spiro atoms. The number of rotatable bonds is 9. The number of alkyl carbamates (subject to hydrolysis) is 1. The molecule has 5 rings (SSSR count). The molecule has 0 unspecified atom stereocenters. The van der Waals surface area contributed by atoms with Gasteiger partial charge in [-0.15, -0.1) is 0 Å². The molecule has 9 heteroatoms. The average molecular weight is 573 g/mol. The molecule has 222 valence electrons. The van der Waals surface area contributed by atoms with Gasteiger partial charge in [-0.05, 0) is 101 Å². The van der Waals surface area contributed by atoms with E-state index in [-0.39, 0.29) is 18.4 Å². The maximum atomic E-state index is 13.6. The molecule has 2 N–H and O–H groups in total. The van der Waals surface area contributed by atoms with E-state index in [1.165, 1.54) is 4.68 Å². The van der Waals surface area contributed by atoms with Crippen LogP contribution in [-0.4, -0.2) is 39.5 Å². The standard InChI is InChI=1S/C33H40N4O5/c1-20-27(21(2)37(36-20)32(40)42-33(3,4)5)23-15-17-26(18-16-23)34-30(38)29(28(24-11-12-24)25-13-14-25)35-31(39)41-19-22-9-7-6-8-10-22/h6-10,15-18,24-25,28-29H,11-14,19H2,1-5H3,(H,34,38)(H,35,39)/t29-/m0/s1. The molecule has 2 aliphatic carbocycles. The Kier molecular flexibility index (Phi) is 8.38. The maximum Gasteiger partial charge on any atom is 0.435 e. The van der Waals surface area contributed by atoms with Crippen LogP contribution in [0.25, 0.3) is 11.1 Å². The number of carbonyl (C=O) groups is 3. The number of benzene rings is 2. The van der Waals surface area contributed by atoms with Gasteiger partial charge in [0.05, 0.1) is 11.4 Å². The van der Waals surface area contributed by atoms with Crippen LogP contribution in [0.3, 0.4) is 0 Å². The summed E-state index contributed by atoms with van der Waals surface area (Å²) in [7, 11) is 0. The van der Waals surface area contributed by atoms with Gasteiger partial charge in [0.1, 0.15) is 18.2 Å². The lowest BCUT2D eigenvalue weighted by molar-refractivity contribution is -0.119. The van der Waals surface area contributed by atoms with Crippen molar-refractivity contribution >= 4 is 23.8 Å². The van der Waals surface area contributed by atoms with E-state index in [1.54, 1.807) is 0 Å². The Morgan fingerprint density at radius 1 is 0.952 bits per heavy atom. The van der Waals surface area contributed by atoms with Crippen LogP contribution in [0.1, 0.15) is 63.4 Å². The summed E-state index contributed by atoms with van der Waals surface area (Å²) < 4.78 is 12.3. The van der Waals surface area contributed by atoms with Gasteiger partial charge >= 0.3 is 12.2 Å². The molecule has 2 aromatic carbocycles. The normalized spacial score (nSPS) is 15.7. The lowest BCUT2D eigenvalue weighted by Crippen LogP contribution is -2.50. The Labute approximate surface area is 247 Å². The van der Waals surface area contributed by atoms with Gasteiger partial charge in [-0.3, -0.25) is 4.79 Å². The van der Waals surface area contributed by atoms with Crippen molar-refractivity contribution in [3.05, 3.63) is 71.5 Å². The zero-order chi connectivity index (χ0) is 30.0. The van der Waals surface area contributed by atoms with Crippen molar-refractivity contribution in [1.82, 2.24) is 15.1 Å². The lowest BCUT2D eigenvalue weighted by atomic mass is 9.88. The number of hydrogen-bond acceptors (Lipinski definition) is 6. The van der Waals surface area contributed by atoms with Gasteiger partial charge in [0.15, 0.2) is 0 Å². The summed E-state index contributed by atoms with van der Waals surface area (Å²) in [4.78, 5) is 39.1. The summed E-state index contributed by atoms with van der Waals surface area (Å²) in [5.41, 5.74) is 3.95. The Bertz CT molecular complexity index is 1420. The molecule has 1 heterocycles. The smallest absolute Gasteiger partial charge is 0.435 e. The predicted molar refractivity (Wildman–Crippen MR) is 160 cm³/mol. The first kappa shape index (κ1) is 29.4. The molecule has 2 saturated carbocycles. The first-order chi connectivity index (χ1) is 20.0. The molecule has 0 bridgehead atoms. The molecule has 0 radical (unpaired) electrons. The Morgan fingerprint density at radius 2 is 1.57 bits per heavy atom. The molecule has 9 nitrogen and oxygen atoms in total. The summed E-state index contributed by atoms with van der Waals surface area (Å²) in [6, 6.07) is 16.2. The highest BCUT2D eigenvalue weighted by atomic mass is 16.6. The van der Waals surface area contributed by atoms with E-state index in [4.69, 9.17) is 9.47 Å². The number of ether oxygens (including phenoxy) is 2. The topological polar surface area (TPSA) is 112 Å². The molecule has 3 aromatic rings. The fraction of sp³-hybridized carbons (Fsp3) is 0.455. The second-order valence-electron chi connectivity index (χ2n) is 12.4. The molecule has 2 aliphatic rings. The molecular formula is C33H40N4O5. The third-order valence-electron chi connectivity index (χ3n) is 7.79. The Balaban J connectivity index is 1.29. The number of nitrogens with one attached hydrogen (secondary N) is 2. The van der Waals surface area contributed by atoms with Crippen molar-refractivity contribution in [1.29, 1.82) is 0 Å². The number of anilines is 1. The molecule has 42 heavy (non-hydrogen) atoms. The quantitative estimate of drug-likeness (QED) is 0.298. The molecule has 2 amide bonds. The van der Waals surface area contributed by atoms with E-state index in [9.17, 15) is 14.4 Å². The van der Waals surface area contributed by atoms with Crippen molar-refractivity contribution < 1.29 is 23.9 Å². The van der Waals surface area contributed by atoms with E-state index in [0.29, 0.717) is 28.9 Å². The Hall–Kier alpha value is -4.14. The first-order valence-electron chi connectivity index (χ1n) is 14.7. The minimum absolute atomic E-state index is 0.0949. The van der Waals surface area contributed by atoms with Crippen molar-refractivity contribution in [2.75, 3.05) is 5.32 Å². The van der Waals surface area contributed by atoms with Gasteiger partial charge < -0.3 is 20.1 Å². The van der Waals surface area contributed by atoms with Crippen LogP contribution in [0.5, 0.6) is 0 Å². The minimum atomic E-state index is -0.676. The molecule has 1 aromatic heterocycles. The van der Waals surface area contributed by atoms with Crippen molar-refractivity contribution in [3.63, 3.8) is 0 Å². The number of carbonyl (C=O) groups excluding carboxylic acids is 3. The fourth-order valence-electron chi connectivity index (χ4n) is 5.60. The predicted octanol–water partition coefficient (Wildman–Crippen LogP) is 6.62. The fourth-order valence-corrected chi connectivity index (χ4v) is 5.60. The third kappa shape index (κ3) is 7.19. The van der Waals surface area contributed by atoms with Crippen LogP contribution < -0.4 is 10.6 Å². The summed E-state index contributed by atoms with van der Waals surface area (Å²) in [5, 5.41) is 10.3. The van der Waals surface area contributed by atoms with Gasteiger partial charge in [0.2, 0.25) is 5.91 Å². The lowest BCUT2D eigenvalue weighted by Gasteiger charge is -2.27. The van der Waals surface area contributed by atoms with Crippen LogP contribution in [-0.2, 0) is 20.9 Å². The first-order valence-corrected chi connectivity index (χ1v) is 14.7. The number of aromatic nitrogens is 2. The Morgan fingerprint density at radius 3 is 2.14 bits per heavy atom. The second-order valence-corrected chi connectivity index (χ2v) is 12.4. The highest BCUT2D eigenvalue weighted by molar-refractivity contribution is 5.97. The van der Waals surface area contributed by atoms with Gasteiger partial charge in [-0.2, -0.15) is 9.78 Å². The molecular weight excluding hydrogens is 532 g/mol. The van der Waals surface area contributed by atoms with Crippen molar-refractivity contribution in [2.24, 2.45) is 17.8 Å². The highest BCUT2D eigenvalue weighted by Crippen LogP contribution is 2.51. The zero-order valence-electron chi connectivity index (χ0n) is 25.0. The van der Waals surface area contributed by atoms with Crippen LogP contribution in [0.15, 0.2) is 54.6 Å². The van der Waals surface area contributed by atoms with Crippen LogP contribution in [0, 0.1) is 31.6 Å². The summed E-state index contributed by atoms with van der Waals surface area (Å²) in [6.07, 6.45) is 3.20. The second kappa shape index (κ2) is 12.0. The molecule has 0 saturated heterocycles. The van der Waals surface area contributed by atoms with Crippen molar-refractivity contribution in [3.8, 4) is 11.1 Å². The molecule has 0 aliphatic heterocycles. The average Bonchev–Trinajstić information content (AvgIpc) is 3.87. The van der Waals surface area contributed by atoms with E-state index in [1.807, 2.05) is 89.2 Å². The van der Waals surface area contributed by atoms with E-state index < -0.39 is 23.8 Å². The third-order valence-corrected chi connectivity index (χ3v) is 7.79. The summed E-state index contributed by atoms with van der Waals surface area (Å²) >= 11 is 0. The maximum absolute atomic E-state index is 13.6. The van der Waals surface area contributed by atoms with Gasteiger partial charge in [0.25, 0.3) is 0 Å². The van der Waals surface area contributed by atoms with Crippen LogP contribution in [0.2, 0.25) is 0 Å². The number of amides is 2.